The predicted molar refractivity (Wildman–Crippen MR) is 78.7 cm³/mol. The van der Waals surface area contributed by atoms with Gasteiger partial charge in [0.15, 0.2) is 0 Å². The molecule has 1 atom stereocenters. The smallest absolute Gasteiger partial charge is 0.000556 e. The van der Waals surface area contributed by atoms with E-state index in [-0.39, 0.29) is 0 Å². The van der Waals surface area contributed by atoms with E-state index in [0.29, 0.717) is 5.92 Å². The molecule has 1 saturated carbocycles. The minimum absolute atomic E-state index is 0.584. The maximum absolute atomic E-state index is 6.00. The Kier molecular flexibility index (Phi) is 4.82. The topological polar surface area (TPSA) is 26.0 Å². The van der Waals surface area contributed by atoms with E-state index in [0.717, 1.165) is 18.4 Å². The van der Waals surface area contributed by atoms with Gasteiger partial charge in [-0.05, 0) is 54.7 Å². The molecule has 1 heteroatoms. The largest absolute Gasteiger partial charge is 0.330 e. The number of benzene rings is 1. The molecule has 100 valence electrons. The Balaban J connectivity index is 2.06. The van der Waals surface area contributed by atoms with Gasteiger partial charge in [-0.15, -0.1) is 0 Å². The highest BCUT2D eigenvalue weighted by Crippen LogP contribution is 2.36. The van der Waals surface area contributed by atoms with Crippen LogP contribution in [-0.4, -0.2) is 6.54 Å². The first kappa shape index (κ1) is 13.6. The van der Waals surface area contributed by atoms with E-state index in [9.17, 15) is 0 Å². The third-order valence-corrected chi connectivity index (χ3v) is 4.27. The van der Waals surface area contributed by atoms with Crippen molar-refractivity contribution < 1.29 is 0 Å². The molecule has 0 aromatic heterocycles. The van der Waals surface area contributed by atoms with Crippen LogP contribution >= 0.6 is 0 Å². The van der Waals surface area contributed by atoms with Crippen molar-refractivity contribution in [2.75, 3.05) is 6.54 Å². The lowest BCUT2D eigenvalue weighted by Crippen LogP contribution is -2.19. The molecule has 2 N–H and O–H groups in total. The molecule has 0 aliphatic heterocycles. The van der Waals surface area contributed by atoms with E-state index >= 15 is 0 Å². The van der Waals surface area contributed by atoms with Gasteiger partial charge in [-0.3, -0.25) is 0 Å². The lowest BCUT2D eigenvalue weighted by atomic mass is 9.84. The Morgan fingerprint density at radius 3 is 2.22 bits per heavy atom. The molecule has 18 heavy (non-hydrogen) atoms. The van der Waals surface area contributed by atoms with Crippen molar-refractivity contribution in [1.29, 1.82) is 0 Å². The zero-order chi connectivity index (χ0) is 13.0. The second-order valence-electron chi connectivity index (χ2n) is 6.23. The van der Waals surface area contributed by atoms with Gasteiger partial charge in [-0.2, -0.15) is 0 Å². The maximum atomic E-state index is 6.00. The maximum Gasteiger partial charge on any atom is -0.000556 e. The minimum Gasteiger partial charge on any atom is -0.330 e. The first-order valence-electron chi connectivity index (χ1n) is 7.49. The molecule has 2 rings (SSSR count). The van der Waals surface area contributed by atoms with Gasteiger partial charge >= 0.3 is 0 Å². The number of hydrogen-bond donors (Lipinski definition) is 1. The lowest BCUT2D eigenvalue weighted by molar-refractivity contribution is 0.440. The minimum atomic E-state index is 0.584. The summed E-state index contributed by atoms with van der Waals surface area (Å²) in [4.78, 5) is 0. The van der Waals surface area contributed by atoms with Crippen molar-refractivity contribution in [2.45, 2.75) is 51.9 Å². The first-order chi connectivity index (χ1) is 8.70. The van der Waals surface area contributed by atoms with Gasteiger partial charge < -0.3 is 5.73 Å². The summed E-state index contributed by atoms with van der Waals surface area (Å²) in [6.07, 6.45) is 6.71. The van der Waals surface area contributed by atoms with Crippen LogP contribution in [0.1, 0.15) is 56.6 Å². The molecule has 1 unspecified atom stereocenters. The van der Waals surface area contributed by atoms with Gasteiger partial charge in [0.2, 0.25) is 0 Å². The summed E-state index contributed by atoms with van der Waals surface area (Å²) in [7, 11) is 0. The Hall–Kier alpha value is -0.820. The van der Waals surface area contributed by atoms with Crippen molar-refractivity contribution in [1.82, 2.24) is 0 Å². The van der Waals surface area contributed by atoms with Crippen LogP contribution in [0.25, 0.3) is 0 Å². The lowest BCUT2D eigenvalue weighted by Gasteiger charge is -2.22. The van der Waals surface area contributed by atoms with Crippen molar-refractivity contribution >= 4 is 0 Å². The summed E-state index contributed by atoms with van der Waals surface area (Å²) in [6.45, 7) is 5.35. The summed E-state index contributed by atoms with van der Waals surface area (Å²) in [5.41, 5.74) is 8.91. The monoisotopic (exact) mass is 245 g/mol. The molecular weight excluding hydrogens is 218 g/mol. The fourth-order valence-corrected chi connectivity index (χ4v) is 3.33. The van der Waals surface area contributed by atoms with Crippen molar-refractivity contribution in [3.05, 3.63) is 35.4 Å². The molecule has 1 nitrogen and oxygen atoms in total. The standard InChI is InChI=1S/C17H27N/c1-13(2)11-14-7-9-16(10-8-14)17(12-18)15-5-3-4-6-15/h7-10,13,15,17H,3-6,11-12,18H2,1-2H3. The van der Waals surface area contributed by atoms with E-state index in [1.165, 1.54) is 43.2 Å². The van der Waals surface area contributed by atoms with E-state index < -0.39 is 0 Å². The zero-order valence-electron chi connectivity index (χ0n) is 11.9. The van der Waals surface area contributed by atoms with Crippen molar-refractivity contribution in [3.8, 4) is 0 Å². The van der Waals surface area contributed by atoms with E-state index in [1.807, 2.05) is 0 Å². The van der Waals surface area contributed by atoms with Gasteiger partial charge in [-0.1, -0.05) is 51.0 Å². The van der Waals surface area contributed by atoms with Crippen LogP contribution in [0, 0.1) is 11.8 Å². The SMILES string of the molecule is CC(C)Cc1ccc(C(CN)C2CCCC2)cc1. The highest BCUT2D eigenvalue weighted by Gasteiger charge is 2.25. The van der Waals surface area contributed by atoms with Crippen LogP contribution in [0.4, 0.5) is 0 Å². The second kappa shape index (κ2) is 6.38. The number of hydrogen-bond acceptors (Lipinski definition) is 1. The van der Waals surface area contributed by atoms with Crippen LogP contribution in [0.5, 0.6) is 0 Å². The van der Waals surface area contributed by atoms with Gasteiger partial charge in [-0.25, -0.2) is 0 Å². The molecule has 1 aliphatic carbocycles. The quantitative estimate of drug-likeness (QED) is 0.829. The third kappa shape index (κ3) is 3.35. The highest BCUT2D eigenvalue weighted by molar-refractivity contribution is 5.26. The summed E-state index contributed by atoms with van der Waals surface area (Å²) in [5.74, 6) is 2.14. The van der Waals surface area contributed by atoms with E-state index in [4.69, 9.17) is 5.73 Å². The fourth-order valence-electron chi connectivity index (χ4n) is 3.33. The van der Waals surface area contributed by atoms with Crippen LogP contribution in [0.3, 0.4) is 0 Å². The van der Waals surface area contributed by atoms with Crippen LogP contribution in [0.15, 0.2) is 24.3 Å². The summed E-state index contributed by atoms with van der Waals surface area (Å²) < 4.78 is 0. The molecule has 0 bridgehead atoms. The molecule has 0 spiro atoms. The molecule has 1 aliphatic rings. The molecule has 0 amide bonds. The first-order valence-corrected chi connectivity index (χ1v) is 7.49. The normalized spacial score (nSPS) is 18.4. The Morgan fingerprint density at radius 1 is 1.11 bits per heavy atom. The summed E-state index contributed by atoms with van der Waals surface area (Å²) >= 11 is 0. The summed E-state index contributed by atoms with van der Waals surface area (Å²) in [6, 6.07) is 9.22. The Morgan fingerprint density at radius 2 is 1.72 bits per heavy atom. The Labute approximate surface area is 112 Å². The molecule has 0 heterocycles. The second-order valence-corrected chi connectivity index (χ2v) is 6.23. The van der Waals surface area contributed by atoms with Gasteiger partial charge in [0.05, 0.1) is 0 Å². The number of nitrogens with two attached hydrogens (primary N) is 1. The molecule has 0 radical (unpaired) electrons. The predicted octanol–water partition coefficient (Wildman–Crippen LogP) is 4.12. The van der Waals surface area contributed by atoms with Crippen LogP contribution < -0.4 is 5.73 Å². The zero-order valence-corrected chi connectivity index (χ0v) is 11.9. The molecular formula is C17H27N. The van der Waals surface area contributed by atoms with Gasteiger partial charge in [0.1, 0.15) is 0 Å². The molecule has 1 fully saturated rings. The third-order valence-electron chi connectivity index (χ3n) is 4.27. The van der Waals surface area contributed by atoms with Crippen LogP contribution in [0.2, 0.25) is 0 Å². The summed E-state index contributed by atoms with van der Waals surface area (Å²) in [5, 5.41) is 0. The fraction of sp³-hybridized carbons (Fsp3) is 0.647. The highest BCUT2D eigenvalue weighted by atomic mass is 14.6. The van der Waals surface area contributed by atoms with E-state index in [1.54, 1.807) is 0 Å². The van der Waals surface area contributed by atoms with Crippen molar-refractivity contribution in [2.24, 2.45) is 17.6 Å². The molecule has 0 saturated heterocycles. The van der Waals surface area contributed by atoms with E-state index in [2.05, 4.69) is 38.1 Å². The van der Waals surface area contributed by atoms with Crippen LogP contribution in [-0.2, 0) is 6.42 Å². The van der Waals surface area contributed by atoms with Crippen molar-refractivity contribution in [3.63, 3.8) is 0 Å². The average molecular weight is 245 g/mol. The average Bonchev–Trinajstić information content (AvgIpc) is 2.85. The number of rotatable bonds is 5. The molecule has 1 aromatic carbocycles. The van der Waals surface area contributed by atoms with Gasteiger partial charge in [0.25, 0.3) is 0 Å². The molecule has 1 aromatic rings. The van der Waals surface area contributed by atoms with Gasteiger partial charge in [0, 0.05) is 0 Å². The Bertz CT molecular complexity index is 346.